The van der Waals surface area contributed by atoms with Crippen molar-refractivity contribution in [1.29, 1.82) is 0 Å². The molecule has 2 heteroatoms. The summed E-state index contributed by atoms with van der Waals surface area (Å²) in [6, 6.07) is 0. The molecule has 1 N–H and O–H groups in total. The van der Waals surface area contributed by atoms with Crippen LogP contribution in [0.25, 0.3) is 0 Å². The van der Waals surface area contributed by atoms with Crippen LogP contribution < -0.4 is 0 Å². The van der Waals surface area contributed by atoms with Crippen LogP contribution in [0.5, 0.6) is 0 Å². The van der Waals surface area contributed by atoms with E-state index in [1.54, 1.807) is 6.26 Å². The number of aliphatic hydroxyl groups excluding tert-OH is 1. The summed E-state index contributed by atoms with van der Waals surface area (Å²) in [5.74, 6) is 0. The van der Waals surface area contributed by atoms with Crippen LogP contribution in [0, 0.1) is 0 Å². The van der Waals surface area contributed by atoms with Crippen molar-refractivity contribution in [1.82, 2.24) is 0 Å². The molecule has 0 amide bonds. The van der Waals surface area contributed by atoms with E-state index in [0.717, 1.165) is 19.3 Å². The highest BCUT2D eigenvalue weighted by Gasteiger charge is 2.25. The molecule has 0 spiro atoms. The van der Waals surface area contributed by atoms with Crippen LogP contribution in [-0.2, 0) is 4.74 Å². The number of ether oxygens (including phenoxy) is 1. The highest BCUT2D eigenvalue weighted by molar-refractivity contribution is 4.80. The van der Waals surface area contributed by atoms with Gasteiger partial charge in [-0.1, -0.05) is 6.08 Å². The Morgan fingerprint density at radius 2 is 2.30 bits per heavy atom. The lowest BCUT2D eigenvalue weighted by Gasteiger charge is -2.12. The van der Waals surface area contributed by atoms with Gasteiger partial charge in [-0.25, -0.2) is 0 Å². The lowest BCUT2D eigenvalue weighted by Crippen LogP contribution is -2.20. The monoisotopic (exact) mass is 142 g/mol. The van der Waals surface area contributed by atoms with Gasteiger partial charge in [0.2, 0.25) is 0 Å². The summed E-state index contributed by atoms with van der Waals surface area (Å²) in [5.41, 5.74) is 0. The first-order chi connectivity index (χ1) is 4.84. The minimum Gasteiger partial charge on any atom is -0.496 e. The fraction of sp³-hybridized carbons (Fsp3) is 0.750. The smallest absolute Gasteiger partial charge is 0.124 e. The molecule has 58 valence electrons. The van der Waals surface area contributed by atoms with Gasteiger partial charge in [-0.2, -0.15) is 0 Å². The lowest BCUT2D eigenvalue weighted by molar-refractivity contribution is 0.0317. The highest BCUT2D eigenvalue weighted by atomic mass is 16.5. The van der Waals surface area contributed by atoms with E-state index in [0.29, 0.717) is 0 Å². The molecule has 0 bridgehead atoms. The number of hydrogen-bond donors (Lipinski definition) is 1. The van der Waals surface area contributed by atoms with E-state index in [2.05, 4.69) is 0 Å². The molecule has 1 saturated carbocycles. The normalized spacial score (nSPS) is 33.4. The summed E-state index contributed by atoms with van der Waals surface area (Å²) in [5, 5.41) is 9.26. The van der Waals surface area contributed by atoms with Gasteiger partial charge in [0.1, 0.15) is 6.10 Å². The van der Waals surface area contributed by atoms with Crippen molar-refractivity contribution in [2.24, 2.45) is 0 Å². The number of allylic oxidation sites excluding steroid dienone is 1. The van der Waals surface area contributed by atoms with Crippen molar-refractivity contribution in [3.8, 4) is 0 Å². The van der Waals surface area contributed by atoms with E-state index >= 15 is 0 Å². The molecule has 2 unspecified atom stereocenters. The first-order valence-electron chi connectivity index (χ1n) is 3.79. The van der Waals surface area contributed by atoms with E-state index in [1.807, 2.05) is 13.0 Å². The zero-order valence-electron chi connectivity index (χ0n) is 6.29. The van der Waals surface area contributed by atoms with E-state index in [9.17, 15) is 5.11 Å². The average molecular weight is 142 g/mol. The first kappa shape index (κ1) is 7.61. The second kappa shape index (κ2) is 3.62. The van der Waals surface area contributed by atoms with Gasteiger partial charge in [-0.15, -0.1) is 0 Å². The molecule has 2 atom stereocenters. The van der Waals surface area contributed by atoms with Gasteiger partial charge in [0.25, 0.3) is 0 Å². The van der Waals surface area contributed by atoms with Crippen molar-refractivity contribution in [3.63, 3.8) is 0 Å². The third-order valence-corrected chi connectivity index (χ3v) is 1.81. The van der Waals surface area contributed by atoms with Crippen molar-refractivity contribution < 1.29 is 9.84 Å². The Kier molecular flexibility index (Phi) is 2.75. The summed E-state index contributed by atoms with van der Waals surface area (Å²) in [7, 11) is 0. The molecule has 0 heterocycles. The Hall–Kier alpha value is -0.500. The SMILES string of the molecule is CC=COC1CCCC1O. The Balaban J connectivity index is 2.26. The van der Waals surface area contributed by atoms with Crippen molar-refractivity contribution in [2.45, 2.75) is 38.4 Å². The van der Waals surface area contributed by atoms with E-state index in [-0.39, 0.29) is 12.2 Å². The summed E-state index contributed by atoms with van der Waals surface area (Å²) in [6.07, 6.45) is 6.27. The molecule has 0 aromatic carbocycles. The fourth-order valence-corrected chi connectivity index (χ4v) is 1.24. The average Bonchev–Trinajstić information content (AvgIpc) is 2.31. The molecule has 0 saturated heterocycles. The van der Waals surface area contributed by atoms with Crippen molar-refractivity contribution in [3.05, 3.63) is 12.3 Å². The first-order valence-corrected chi connectivity index (χ1v) is 3.79. The zero-order chi connectivity index (χ0) is 7.40. The van der Waals surface area contributed by atoms with Gasteiger partial charge in [0.05, 0.1) is 12.4 Å². The predicted molar refractivity (Wildman–Crippen MR) is 39.5 cm³/mol. The standard InChI is InChI=1S/C8H14O2/c1-2-6-10-8-5-3-4-7(8)9/h2,6-9H,3-5H2,1H3. The summed E-state index contributed by atoms with van der Waals surface area (Å²) in [6.45, 7) is 1.90. The minimum absolute atomic E-state index is 0.0520. The van der Waals surface area contributed by atoms with E-state index in [1.165, 1.54) is 0 Å². The molecule has 1 fully saturated rings. The summed E-state index contributed by atoms with van der Waals surface area (Å²) in [4.78, 5) is 0. The van der Waals surface area contributed by atoms with Crippen LogP contribution >= 0.6 is 0 Å². The molecule has 0 aromatic rings. The second-order valence-corrected chi connectivity index (χ2v) is 2.64. The molecule has 0 aromatic heterocycles. The Bertz CT molecular complexity index is 120. The second-order valence-electron chi connectivity index (χ2n) is 2.64. The van der Waals surface area contributed by atoms with Gasteiger partial charge < -0.3 is 9.84 Å². The van der Waals surface area contributed by atoms with Gasteiger partial charge >= 0.3 is 0 Å². The number of rotatable bonds is 2. The topological polar surface area (TPSA) is 29.5 Å². The molecule has 1 rings (SSSR count). The fourth-order valence-electron chi connectivity index (χ4n) is 1.24. The maximum absolute atomic E-state index is 9.26. The van der Waals surface area contributed by atoms with E-state index < -0.39 is 0 Å². The number of aliphatic hydroxyl groups is 1. The van der Waals surface area contributed by atoms with Crippen LogP contribution in [0.1, 0.15) is 26.2 Å². The summed E-state index contributed by atoms with van der Waals surface area (Å²) >= 11 is 0. The largest absolute Gasteiger partial charge is 0.496 e. The maximum atomic E-state index is 9.26. The maximum Gasteiger partial charge on any atom is 0.124 e. The molecular formula is C8H14O2. The number of hydrogen-bond acceptors (Lipinski definition) is 2. The molecular weight excluding hydrogens is 128 g/mol. The van der Waals surface area contributed by atoms with Crippen LogP contribution in [0.2, 0.25) is 0 Å². The van der Waals surface area contributed by atoms with E-state index in [4.69, 9.17) is 4.74 Å². The van der Waals surface area contributed by atoms with Crippen LogP contribution in [0.3, 0.4) is 0 Å². The Labute approximate surface area is 61.5 Å². The molecule has 0 radical (unpaired) electrons. The van der Waals surface area contributed by atoms with Crippen molar-refractivity contribution >= 4 is 0 Å². The van der Waals surface area contributed by atoms with Crippen LogP contribution in [0.4, 0.5) is 0 Å². The van der Waals surface area contributed by atoms with Gasteiger partial charge in [0, 0.05) is 0 Å². The molecule has 1 aliphatic rings. The Morgan fingerprint density at radius 3 is 2.80 bits per heavy atom. The van der Waals surface area contributed by atoms with Crippen molar-refractivity contribution in [2.75, 3.05) is 0 Å². The van der Waals surface area contributed by atoms with Gasteiger partial charge in [0.15, 0.2) is 0 Å². The zero-order valence-corrected chi connectivity index (χ0v) is 6.29. The van der Waals surface area contributed by atoms with Crippen LogP contribution in [0.15, 0.2) is 12.3 Å². The molecule has 10 heavy (non-hydrogen) atoms. The quantitative estimate of drug-likeness (QED) is 0.591. The third kappa shape index (κ3) is 1.74. The molecule has 0 aliphatic heterocycles. The van der Waals surface area contributed by atoms with Crippen LogP contribution in [-0.4, -0.2) is 17.3 Å². The predicted octanol–water partition coefficient (Wildman–Crippen LogP) is 1.45. The lowest BCUT2D eigenvalue weighted by atomic mass is 10.3. The Morgan fingerprint density at radius 1 is 1.50 bits per heavy atom. The molecule has 1 aliphatic carbocycles. The minimum atomic E-state index is -0.240. The third-order valence-electron chi connectivity index (χ3n) is 1.81. The highest BCUT2D eigenvalue weighted by Crippen LogP contribution is 2.21. The van der Waals surface area contributed by atoms with Gasteiger partial charge in [-0.05, 0) is 26.2 Å². The van der Waals surface area contributed by atoms with Gasteiger partial charge in [-0.3, -0.25) is 0 Å². The molecule has 2 nitrogen and oxygen atoms in total. The summed E-state index contributed by atoms with van der Waals surface area (Å²) < 4.78 is 5.23.